The van der Waals surface area contributed by atoms with Crippen molar-refractivity contribution in [3.05, 3.63) is 29.8 Å². The lowest BCUT2D eigenvalue weighted by molar-refractivity contribution is 0.316. The van der Waals surface area contributed by atoms with Crippen molar-refractivity contribution in [3.8, 4) is 17.2 Å². The van der Waals surface area contributed by atoms with Crippen LogP contribution < -0.4 is 14.2 Å². The van der Waals surface area contributed by atoms with Crippen LogP contribution in [0, 0.1) is 0 Å². The smallest absolute Gasteiger partial charge is 0.264 e. The molecule has 0 aromatic heterocycles. The topological polar surface area (TPSA) is 71.1 Å². The zero-order valence-electron chi connectivity index (χ0n) is 14.3. The molecule has 0 heterocycles. The zero-order valence-corrected chi connectivity index (χ0v) is 15.1. The summed E-state index contributed by atoms with van der Waals surface area (Å²) in [5.74, 6) is 1.77. The normalized spacial score (nSPS) is 11.5. The fraction of sp³-hybridized carbons (Fsp3) is 0.412. The highest BCUT2D eigenvalue weighted by Crippen LogP contribution is 2.43. The highest BCUT2D eigenvalue weighted by molar-refractivity contribution is 7.85. The van der Waals surface area contributed by atoms with Crippen molar-refractivity contribution in [2.75, 3.05) is 34.2 Å². The summed E-state index contributed by atoms with van der Waals surface area (Å²) in [6.45, 7) is 0.167. The first kappa shape index (κ1) is 18.4. The summed E-state index contributed by atoms with van der Waals surface area (Å²) in [6.07, 6.45) is 2.35. The van der Waals surface area contributed by atoms with E-state index in [1.807, 2.05) is 24.3 Å². The van der Waals surface area contributed by atoms with Crippen LogP contribution in [-0.2, 0) is 20.7 Å². The van der Waals surface area contributed by atoms with E-state index in [1.165, 1.54) is 0 Å². The second-order valence-electron chi connectivity index (χ2n) is 5.33. The van der Waals surface area contributed by atoms with Crippen molar-refractivity contribution in [1.29, 1.82) is 0 Å². The number of methoxy groups -OCH3 is 3. The summed E-state index contributed by atoms with van der Waals surface area (Å²) in [5, 5.41) is 1.89. The molecule has 0 bridgehead atoms. The van der Waals surface area contributed by atoms with Gasteiger partial charge in [0.15, 0.2) is 11.5 Å². The SMILES string of the molecule is COc1cc2ccc(CCCOS(C)(=O)=O)cc2c(OC)c1OC. The van der Waals surface area contributed by atoms with Gasteiger partial charge >= 0.3 is 0 Å². The first-order chi connectivity index (χ1) is 11.4. The predicted molar refractivity (Wildman–Crippen MR) is 92.7 cm³/mol. The summed E-state index contributed by atoms with van der Waals surface area (Å²) in [5.41, 5.74) is 1.06. The van der Waals surface area contributed by atoms with Gasteiger partial charge in [-0.15, -0.1) is 0 Å². The number of benzene rings is 2. The minimum atomic E-state index is -3.39. The first-order valence-electron chi connectivity index (χ1n) is 7.45. The molecule has 0 atom stereocenters. The summed E-state index contributed by atoms with van der Waals surface area (Å²) >= 11 is 0. The van der Waals surface area contributed by atoms with Crippen molar-refractivity contribution in [2.45, 2.75) is 12.8 Å². The average molecular weight is 354 g/mol. The van der Waals surface area contributed by atoms with Gasteiger partial charge in [0.2, 0.25) is 5.75 Å². The quantitative estimate of drug-likeness (QED) is 0.536. The second kappa shape index (κ2) is 7.72. The zero-order chi connectivity index (χ0) is 17.7. The third kappa shape index (κ3) is 4.30. The van der Waals surface area contributed by atoms with E-state index in [9.17, 15) is 8.42 Å². The Bertz CT molecular complexity index is 813. The minimum absolute atomic E-state index is 0.167. The summed E-state index contributed by atoms with van der Waals surface area (Å²) in [4.78, 5) is 0. The summed E-state index contributed by atoms with van der Waals surface area (Å²) < 4.78 is 43.0. The van der Waals surface area contributed by atoms with Gasteiger partial charge in [-0.05, 0) is 35.9 Å². The van der Waals surface area contributed by atoms with Gasteiger partial charge in [0, 0.05) is 5.39 Å². The maximum absolute atomic E-state index is 11.0. The molecule has 2 rings (SSSR count). The van der Waals surface area contributed by atoms with Crippen molar-refractivity contribution in [3.63, 3.8) is 0 Å². The molecule has 0 saturated heterocycles. The molecular weight excluding hydrogens is 332 g/mol. The Labute approximate surface area is 142 Å². The van der Waals surface area contributed by atoms with Crippen LogP contribution in [0.5, 0.6) is 17.2 Å². The lowest BCUT2D eigenvalue weighted by atomic mass is 10.0. The van der Waals surface area contributed by atoms with Crippen LogP contribution in [0.3, 0.4) is 0 Å². The number of hydrogen-bond acceptors (Lipinski definition) is 6. The standard InChI is InChI=1S/C17H22O6S/c1-20-15-11-13-8-7-12(6-5-9-23-24(4,18)19)10-14(13)16(21-2)17(15)22-3/h7-8,10-11H,5-6,9H2,1-4H3. The van der Waals surface area contributed by atoms with Gasteiger partial charge in [-0.2, -0.15) is 8.42 Å². The molecule has 0 aliphatic rings. The highest BCUT2D eigenvalue weighted by Gasteiger charge is 2.16. The highest BCUT2D eigenvalue weighted by atomic mass is 32.2. The molecule has 0 spiro atoms. The molecule has 2 aromatic rings. The average Bonchev–Trinajstić information content (AvgIpc) is 2.55. The molecule has 132 valence electrons. The number of ether oxygens (including phenoxy) is 3. The molecule has 24 heavy (non-hydrogen) atoms. The van der Waals surface area contributed by atoms with Crippen molar-refractivity contribution in [2.24, 2.45) is 0 Å². The maximum atomic E-state index is 11.0. The van der Waals surface area contributed by atoms with Gasteiger partial charge in [-0.1, -0.05) is 12.1 Å². The molecule has 6 nitrogen and oxygen atoms in total. The van der Waals surface area contributed by atoms with E-state index in [-0.39, 0.29) is 6.61 Å². The number of fused-ring (bicyclic) bond motifs is 1. The fourth-order valence-electron chi connectivity index (χ4n) is 2.56. The molecule has 0 radical (unpaired) electrons. The van der Waals surface area contributed by atoms with Gasteiger partial charge in [-0.25, -0.2) is 0 Å². The molecule has 0 aliphatic carbocycles. The third-order valence-corrected chi connectivity index (χ3v) is 4.21. The molecule has 7 heteroatoms. The van der Waals surface area contributed by atoms with Crippen LogP contribution in [-0.4, -0.2) is 42.6 Å². The Morgan fingerprint density at radius 2 is 1.67 bits per heavy atom. The molecule has 0 aliphatic heterocycles. The Morgan fingerprint density at radius 3 is 2.25 bits per heavy atom. The van der Waals surface area contributed by atoms with Crippen molar-refractivity contribution in [1.82, 2.24) is 0 Å². The third-order valence-electron chi connectivity index (χ3n) is 3.61. The Morgan fingerprint density at radius 1 is 0.958 bits per heavy atom. The summed E-state index contributed by atoms with van der Waals surface area (Å²) in [7, 11) is 1.35. The summed E-state index contributed by atoms with van der Waals surface area (Å²) in [6, 6.07) is 7.88. The molecule has 0 unspecified atom stereocenters. The Hall–Kier alpha value is -1.99. The first-order valence-corrected chi connectivity index (χ1v) is 9.27. The second-order valence-corrected chi connectivity index (χ2v) is 6.97. The number of hydrogen-bond donors (Lipinski definition) is 0. The monoisotopic (exact) mass is 354 g/mol. The predicted octanol–water partition coefficient (Wildman–Crippen LogP) is 2.77. The van der Waals surface area contributed by atoms with Crippen molar-refractivity contribution >= 4 is 20.9 Å². The van der Waals surface area contributed by atoms with Crippen molar-refractivity contribution < 1.29 is 26.8 Å². The van der Waals surface area contributed by atoms with Crippen LogP contribution in [0.4, 0.5) is 0 Å². The van der Waals surface area contributed by atoms with Crippen LogP contribution >= 0.6 is 0 Å². The number of aryl methyl sites for hydroxylation is 1. The molecule has 0 saturated carbocycles. The van der Waals surface area contributed by atoms with Gasteiger partial charge in [0.25, 0.3) is 10.1 Å². The van der Waals surface area contributed by atoms with E-state index < -0.39 is 10.1 Å². The molecule has 0 fully saturated rings. The molecule has 0 amide bonds. The van der Waals surface area contributed by atoms with E-state index >= 15 is 0 Å². The largest absolute Gasteiger partial charge is 0.493 e. The minimum Gasteiger partial charge on any atom is -0.493 e. The lowest BCUT2D eigenvalue weighted by Crippen LogP contribution is -2.04. The van der Waals surface area contributed by atoms with E-state index in [4.69, 9.17) is 18.4 Å². The van der Waals surface area contributed by atoms with E-state index in [1.54, 1.807) is 21.3 Å². The fourth-order valence-corrected chi connectivity index (χ4v) is 2.98. The van der Waals surface area contributed by atoms with Gasteiger partial charge in [0.1, 0.15) is 0 Å². The lowest BCUT2D eigenvalue weighted by Gasteiger charge is -2.15. The Balaban J connectivity index is 2.29. The molecular formula is C17H22O6S. The van der Waals surface area contributed by atoms with E-state index in [0.717, 1.165) is 22.6 Å². The molecule has 2 aromatic carbocycles. The van der Waals surface area contributed by atoms with E-state index in [2.05, 4.69) is 0 Å². The maximum Gasteiger partial charge on any atom is 0.264 e. The van der Waals surface area contributed by atoms with Crippen LogP contribution in [0.15, 0.2) is 24.3 Å². The van der Waals surface area contributed by atoms with Gasteiger partial charge in [-0.3, -0.25) is 4.18 Å². The van der Waals surface area contributed by atoms with Gasteiger partial charge in [0.05, 0.1) is 34.2 Å². The number of rotatable bonds is 8. The van der Waals surface area contributed by atoms with Crippen LogP contribution in [0.2, 0.25) is 0 Å². The van der Waals surface area contributed by atoms with E-state index in [0.29, 0.717) is 30.1 Å². The van der Waals surface area contributed by atoms with Crippen LogP contribution in [0.1, 0.15) is 12.0 Å². The molecule has 0 N–H and O–H groups in total. The Kier molecular flexibility index (Phi) is 5.90. The van der Waals surface area contributed by atoms with Crippen LogP contribution in [0.25, 0.3) is 10.8 Å². The van der Waals surface area contributed by atoms with Gasteiger partial charge < -0.3 is 14.2 Å².